The average Bonchev–Trinajstić information content (AvgIpc) is 1.59. The van der Waals surface area contributed by atoms with Crippen molar-refractivity contribution in [1.29, 1.82) is 0 Å². The van der Waals surface area contributed by atoms with E-state index in [0.717, 1.165) is 0 Å². The molecule has 0 bridgehead atoms. The molecular weight excluding hydrogens is 188 g/mol. The van der Waals surface area contributed by atoms with Gasteiger partial charge in [0.15, 0.2) is 0 Å². The summed E-state index contributed by atoms with van der Waals surface area (Å²) in [6, 6.07) is 0. The van der Waals surface area contributed by atoms with Crippen molar-refractivity contribution in [1.82, 2.24) is 5.32 Å². The van der Waals surface area contributed by atoms with Gasteiger partial charge in [-0.2, -0.15) is 0 Å². The molecule has 0 atom stereocenters. The van der Waals surface area contributed by atoms with Crippen LogP contribution >= 0.6 is 7.60 Å². The second kappa shape index (κ2) is 5.72. The smallest absolute Gasteiger partial charge is 0.339 e. The largest absolute Gasteiger partial charge is 0.480 e. The first-order chi connectivity index (χ1) is 4.42. The molecule has 0 fully saturated rings. The van der Waals surface area contributed by atoms with Crippen LogP contribution in [0.5, 0.6) is 0 Å². The molecule has 8 heteroatoms. The van der Waals surface area contributed by atoms with E-state index >= 15 is 0 Å². The van der Waals surface area contributed by atoms with E-state index in [2.05, 4.69) is 5.32 Å². The first-order valence-electron chi connectivity index (χ1n) is 2.39. The summed E-state index contributed by atoms with van der Waals surface area (Å²) in [5, 5.41) is 10.1. The molecule has 0 saturated heterocycles. The third-order valence-corrected chi connectivity index (χ3v) is 1.23. The highest BCUT2D eigenvalue weighted by Crippen LogP contribution is 2.31. The molecule has 11 heavy (non-hydrogen) atoms. The average molecular weight is 196 g/mol. The first kappa shape index (κ1) is 13.7. The van der Waals surface area contributed by atoms with Crippen molar-refractivity contribution in [3.05, 3.63) is 0 Å². The zero-order valence-electron chi connectivity index (χ0n) is 5.60. The lowest BCUT2D eigenvalue weighted by Gasteiger charge is -2.02. The van der Waals surface area contributed by atoms with Crippen LogP contribution in [-0.4, -0.2) is 51.1 Å². The predicted octanol–water partition coefficient (Wildman–Crippen LogP) is -1.58. The van der Waals surface area contributed by atoms with E-state index in [0.29, 0.717) is 0 Å². The summed E-state index contributed by atoms with van der Waals surface area (Å²) in [6.45, 7) is -0.439. The Bertz CT molecular complexity index is 167. The van der Waals surface area contributed by atoms with Crippen LogP contribution in [0.1, 0.15) is 0 Å². The summed E-state index contributed by atoms with van der Waals surface area (Å²) in [5.41, 5.74) is 0. The summed E-state index contributed by atoms with van der Waals surface area (Å²) in [4.78, 5) is 26.1. The van der Waals surface area contributed by atoms with Crippen molar-refractivity contribution < 1.29 is 24.3 Å². The molecule has 0 aliphatic heterocycles. The highest BCUT2D eigenvalue weighted by Gasteiger charge is 2.11. The second-order valence-electron chi connectivity index (χ2n) is 1.64. The topological polar surface area (TPSA) is 107 Å². The third-order valence-electron chi connectivity index (χ3n) is 0.594. The summed E-state index contributed by atoms with van der Waals surface area (Å²) < 4.78 is 10.1. The van der Waals surface area contributed by atoms with Crippen LogP contribution in [0.3, 0.4) is 0 Å². The molecule has 3 radical (unpaired) electrons. The monoisotopic (exact) mass is 196 g/mol. The van der Waals surface area contributed by atoms with Crippen molar-refractivity contribution >= 4 is 30.9 Å². The maximum Gasteiger partial charge on any atom is 0.339 e. The molecule has 0 aromatic carbocycles. The summed E-state index contributed by atoms with van der Waals surface area (Å²) in [7, 11) is -4.10. The Hall–Kier alpha value is 0.112. The van der Waals surface area contributed by atoms with Gasteiger partial charge in [-0.05, 0) is 0 Å². The van der Waals surface area contributed by atoms with Crippen molar-refractivity contribution in [2.75, 3.05) is 12.8 Å². The van der Waals surface area contributed by atoms with Crippen molar-refractivity contribution in [2.45, 2.75) is 0 Å². The predicted molar refractivity (Wildman–Crippen MR) is 38.3 cm³/mol. The van der Waals surface area contributed by atoms with Gasteiger partial charge in [-0.15, -0.1) is 0 Å². The molecule has 6 nitrogen and oxygen atoms in total. The maximum absolute atomic E-state index is 10.1. The molecular formula is C3H8AlNO5P. The number of carboxylic acid groups (broad SMARTS) is 1. The Morgan fingerprint density at radius 3 is 2.18 bits per heavy atom. The van der Waals surface area contributed by atoms with Gasteiger partial charge in [-0.25, -0.2) is 0 Å². The van der Waals surface area contributed by atoms with Gasteiger partial charge in [-0.1, -0.05) is 0 Å². The van der Waals surface area contributed by atoms with Crippen LogP contribution in [0.4, 0.5) is 0 Å². The van der Waals surface area contributed by atoms with Gasteiger partial charge in [0.05, 0.1) is 12.8 Å². The number of aliphatic carboxylic acids is 1. The molecule has 0 saturated carbocycles. The SMILES string of the molecule is O=C(O)CNCP(=O)(O)O.[Al]. The van der Waals surface area contributed by atoms with Crippen molar-refractivity contribution in [3.63, 3.8) is 0 Å². The maximum atomic E-state index is 10.1. The third kappa shape index (κ3) is 13.2. The van der Waals surface area contributed by atoms with E-state index in [1.54, 1.807) is 0 Å². The Labute approximate surface area is 73.9 Å². The number of carbonyl (C=O) groups is 1. The van der Waals surface area contributed by atoms with Gasteiger partial charge in [-0.3, -0.25) is 14.7 Å². The fraction of sp³-hybridized carbons (Fsp3) is 0.667. The van der Waals surface area contributed by atoms with Crippen LogP contribution in [0.25, 0.3) is 0 Å². The zero-order valence-corrected chi connectivity index (χ0v) is 7.65. The molecule has 0 aromatic rings. The lowest BCUT2D eigenvalue weighted by molar-refractivity contribution is -0.135. The van der Waals surface area contributed by atoms with Gasteiger partial charge in [0.1, 0.15) is 0 Å². The number of rotatable bonds is 4. The molecule has 4 N–H and O–H groups in total. The first-order valence-corrected chi connectivity index (χ1v) is 4.18. The van der Waals surface area contributed by atoms with Crippen LogP contribution in [0.15, 0.2) is 0 Å². The number of hydrogen-bond acceptors (Lipinski definition) is 3. The Balaban J connectivity index is 0. The van der Waals surface area contributed by atoms with E-state index in [1.807, 2.05) is 0 Å². The lowest BCUT2D eigenvalue weighted by Crippen LogP contribution is -2.23. The zero-order chi connectivity index (χ0) is 8.20. The van der Waals surface area contributed by atoms with Gasteiger partial charge in [0.25, 0.3) is 0 Å². The quantitative estimate of drug-likeness (QED) is 0.319. The molecule has 63 valence electrons. The van der Waals surface area contributed by atoms with Crippen molar-refractivity contribution in [3.8, 4) is 0 Å². The molecule has 0 aliphatic rings. The second-order valence-corrected chi connectivity index (χ2v) is 3.29. The van der Waals surface area contributed by atoms with Crippen LogP contribution in [0.2, 0.25) is 0 Å². The van der Waals surface area contributed by atoms with E-state index in [9.17, 15) is 9.36 Å². The lowest BCUT2D eigenvalue weighted by atomic mass is 10.7. The van der Waals surface area contributed by atoms with Crippen LogP contribution in [-0.2, 0) is 9.36 Å². The molecule has 0 amide bonds. The van der Waals surface area contributed by atoms with E-state index in [-0.39, 0.29) is 17.4 Å². The molecule has 0 heterocycles. The van der Waals surface area contributed by atoms with Gasteiger partial charge < -0.3 is 14.9 Å². The fourth-order valence-corrected chi connectivity index (χ4v) is 0.712. The molecule has 0 rings (SSSR count). The van der Waals surface area contributed by atoms with Crippen molar-refractivity contribution in [2.24, 2.45) is 0 Å². The van der Waals surface area contributed by atoms with Crippen LogP contribution in [0, 0.1) is 0 Å². The fourth-order valence-electron chi connectivity index (χ4n) is 0.308. The molecule has 0 aromatic heterocycles. The summed E-state index contributed by atoms with van der Waals surface area (Å²) >= 11 is 0. The minimum Gasteiger partial charge on any atom is -0.480 e. The minimum atomic E-state index is -4.10. The summed E-state index contributed by atoms with van der Waals surface area (Å²) in [5.74, 6) is -1.14. The number of nitrogens with one attached hydrogen (secondary N) is 1. The van der Waals surface area contributed by atoms with E-state index in [1.165, 1.54) is 0 Å². The highest BCUT2D eigenvalue weighted by molar-refractivity contribution is 7.51. The van der Waals surface area contributed by atoms with Gasteiger partial charge in [0, 0.05) is 17.4 Å². The molecule has 0 unspecified atom stereocenters. The molecule has 0 spiro atoms. The Morgan fingerprint density at radius 1 is 1.45 bits per heavy atom. The Kier molecular flexibility index (Phi) is 7.12. The Morgan fingerprint density at radius 2 is 1.91 bits per heavy atom. The number of carboxylic acids is 1. The molecule has 0 aliphatic carbocycles. The number of hydrogen-bond donors (Lipinski definition) is 4. The normalized spacial score (nSPS) is 10.4. The standard InChI is InChI=1S/C3H8NO5P.Al/c5-3(6)1-4-2-10(7,8)9;/h4H,1-2H2,(H,5,6)(H2,7,8,9);. The van der Waals surface area contributed by atoms with E-state index < -0.39 is 26.4 Å². The minimum absolute atomic E-state index is 0. The van der Waals surface area contributed by atoms with Crippen LogP contribution < -0.4 is 5.32 Å². The summed E-state index contributed by atoms with van der Waals surface area (Å²) in [6.07, 6.45) is -0.598. The highest BCUT2D eigenvalue weighted by atomic mass is 31.2. The van der Waals surface area contributed by atoms with Gasteiger partial charge in [0.2, 0.25) is 0 Å². The van der Waals surface area contributed by atoms with E-state index in [4.69, 9.17) is 14.9 Å². The van der Waals surface area contributed by atoms with Gasteiger partial charge >= 0.3 is 13.6 Å².